The Hall–Kier alpha value is -2.00. The molecule has 0 radical (unpaired) electrons. The van der Waals surface area contributed by atoms with Crippen LogP contribution in [-0.4, -0.2) is 12.9 Å². The second-order valence-electron chi connectivity index (χ2n) is 4.80. The van der Waals surface area contributed by atoms with Crippen LogP contribution in [0.15, 0.2) is 48.5 Å². The van der Waals surface area contributed by atoms with E-state index in [2.05, 4.69) is 11.8 Å². The standard InChI is InChI=1S/C16H18ClN3/c1-11(12-3-7-14(17)8-4-12)20(2)15-9-5-13(6-10-15)16(18)19/h3-11H,1-2H3,(H3,18,19). The molecule has 2 aromatic rings. The van der Waals surface area contributed by atoms with Gasteiger partial charge in [0.05, 0.1) is 6.04 Å². The molecule has 20 heavy (non-hydrogen) atoms. The van der Waals surface area contributed by atoms with Gasteiger partial charge in [-0.05, 0) is 48.9 Å². The van der Waals surface area contributed by atoms with Gasteiger partial charge >= 0.3 is 0 Å². The first kappa shape index (κ1) is 14.4. The van der Waals surface area contributed by atoms with Crippen LogP contribution in [0.3, 0.4) is 0 Å². The molecule has 0 aliphatic rings. The third-order valence-electron chi connectivity index (χ3n) is 3.52. The SMILES string of the molecule is CC(c1ccc(Cl)cc1)N(C)c1ccc(C(=N)N)cc1. The highest BCUT2D eigenvalue weighted by molar-refractivity contribution is 6.30. The molecule has 1 atom stereocenters. The smallest absolute Gasteiger partial charge is 0.122 e. The summed E-state index contributed by atoms with van der Waals surface area (Å²) in [5, 5.41) is 8.15. The maximum absolute atomic E-state index is 7.40. The molecule has 3 nitrogen and oxygen atoms in total. The summed E-state index contributed by atoms with van der Waals surface area (Å²) in [5.74, 6) is 0.0879. The highest BCUT2D eigenvalue weighted by Gasteiger charge is 2.12. The number of nitrogen functional groups attached to an aromatic ring is 1. The molecule has 0 aliphatic carbocycles. The maximum atomic E-state index is 7.40. The zero-order valence-electron chi connectivity index (χ0n) is 11.6. The minimum atomic E-state index is 0.0879. The van der Waals surface area contributed by atoms with Crippen LogP contribution in [0.4, 0.5) is 5.69 Å². The fraction of sp³-hybridized carbons (Fsp3) is 0.188. The Morgan fingerprint density at radius 2 is 1.65 bits per heavy atom. The minimum Gasteiger partial charge on any atom is -0.384 e. The predicted molar refractivity (Wildman–Crippen MR) is 85.7 cm³/mol. The van der Waals surface area contributed by atoms with Crippen molar-refractivity contribution in [2.24, 2.45) is 5.73 Å². The van der Waals surface area contributed by atoms with Crippen molar-refractivity contribution in [3.05, 3.63) is 64.7 Å². The van der Waals surface area contributed by atoms with E-state index in [4.69, 9.17) is 22.7 Å². The molecule has 2 rings (SSSR count). The van der Waals surface area contributed by atoms with Gasteiger partial charge in [-0.2, -0.15) is 0 Å². The van der Waals surface area contributed by atoms with Crippen LogP contribution in [0, 0.1) is 5.41 Å². The van der Waals surface area contributed by atoms with Gasteiger partial charge < -0.3 is 10.6 Å². The summed E-state index contributed by atoms with van der Waals surface area (Å²) in [6, 6.07) is 15.8. The van der Waals surface area contributed by atoms with Crippen LogP contribution in [-0.2, 0) is 0 Å². The van der Waals surface area contributed by atoms with Crippen LogP contribution in [0.2, 0.25) is 5.02 Å². The van der Waals surface area contributed by atoms with E-state index in [0.29, 0.717) is 0 Å². The van der Waals surface area contributed by atoms with Gasteiger partial charge in [0.1, 0.15) is 5.84 Å². The average molecular weight is 288 g/mol. The summed E-state index contributed by atoms with van der Waals surface area (Å²) in [7, 11) is 2.04. The molecule has 0 heterocycles. The van der Waals surface area contributed by atoms with Gasteiger partial charge in [-0.25, -0.2) is 0 Å². The monoisotopic (exact) mass is 287 g/mol. The summed E-state index contributed by atoms with van der Waals surface area (Å²) in [6.45, 7) is 2.14. The Morgan fingerprint density at radius 1 is 1.10 bits per heavy atom. The first-order chi connectivity index (χ1) is 9.49. The Kier molecular flexibility index (Phi) is 4.30. The Labute approximate surface area is 124 Å². The number of benzene rings is 2. The topological polar surface area (TPSA) is 53.1 Å². The third kappa shape index (κ3) is 3.11. The molecule has 0 saturated carbocycles. The highest BCUT2D eigenvalue weighted by atomic mass is 35.5. The normalized spacial score (nSPS) is 11.9. The summed E-state index contributed by atoms with van der Waals surface area (Å²) >= 11 is 5.91. The van der Waals surface area contributed by atoms with Gasteiger partial charge in [0.15, 0.2) is 0 Å². The molecule has 104 valence electrons. The lowest BCUT2D eigenvalue weighted by Gasteiger charge is -2.27. The quantitative estimate of drug-likeness (QED) is 0.663. The molecule has 3 N–H and O–H groups in total. The Morgan fingerprint density at radius 3 is 2.15 bits per heavy atom. The van der Waals surface area contributed by atoms with Crippen molar-refractivity contribution in [2.45, 2.75) is 13.0 Å². The predicted octanol–water partition coefficient (Wildman–Crippen LogP) is 3.82. The summed E-state index contributed by atoms with van der Waals surface area (Å²) in [5.41, 5.74) is 8.48. The highest BCUT2D eigenvalue weighted by Crippen LogP contribution is 2.26. The number of rotatable bonds is 4. The van der Waals surface area contributed by atoms with Crippen molar-refractivity contribution in [2.75, 3.05) is 11.9 Å². The van der Waals surface area contributed by atoms with Crippen molar-refractivity contribution < 1.29 is 0 Å². The third-order valence-corrected chi connectivity index (χ3v) is 3.77. The fourth-order valence-corrected chi connectivity index (χ4v) is 2.19. The molecule has 1 unspecified atom stereocenters. The number of hydrogen-bond acceptors (Lipinski definition) is 2. The van der Waals surface area contributed by atoms with E-state index in [0.717, 1.165) is 16.3 Å². The van der Waals surface area contributed by atoms with Crippen LogP contribution in [0.1, 0.15) is 24.1 Å². The molecule has 2 aromatic carbocycles. The van der Waals surface area contributed by atoms with Crippen LogP contribution >= 0.6 is 11.6 Å². The van der Waals surface area contributed by atoms with E-state index < -0.39 is 0 Å². The molecule has 0 fully saturated rings. The molecular weight excluding hydrogens is 270 g/mol. The molecule has 0 bridgehead atoms. The second-order valence-corrected chi connectivity index (χ2v) is 5.24. The van der Waals surface area contributed by atoms with Gasteiger partial charge in [0.25, 0.3) is 0 Å². The van der Waals surface area contributed by atoms with Crippen molar-refractivity contribution in [1.82, 2.24) is 0 Å². The number of hydrogen-bond donors (Lipinski definition) is 2. The number of anilines is 1. The fourth-order valence-electron chi connectivity index (χ4n) is 2.06. The van der Waals surface area contributed by atoms with Gasteiger partial charge in [-0.3, -0.25) is 5.41 Å². The molecule has 0 amide bonds. The average Bonchev–Trinajstić information content (AvgIpc) is 2.46. The number of nitrogens with one attached hydrogen (secondary N) is 1. The molecule has 0 aromatic heterocycles. The van der Waals surface area contributed by atoms with Gasteiger partial charge in [-0.15, -0.1) is 0 Å². The van der Waals surface area contributed by atoms with Gasteiger partial charge in [0, 0.05) is 23.3 Å². The van der Waals surface area contributed by atoms with Crippen LogP contribution in [0.25, 0.3) is 0 Å². The van der Waals surface area contributed by atoms with Gasteiger partial charge in [0.2, 0.25) is 0 Å². The Bertz CT molecular complexity index is 590. The minimum absolute atomic E-state index is 0.0879. The van der Waals surface area contributed by atoms with Crippen molar-refractivity contribution in [1.29, 1.82) is 5.41 Å². The maximum Gasteiger partial charge on any atom is 0.122 e. The molecule has 0 spiro atoms. The molecule has 0 saturated heterocycles. The van der Waals surface area contributed by atoms with E-state index >= 15 is 0 Å². The van der Waals surface area contributed by atoms with Gasteiger partial charge in [-0.1, -0.05) is 23.7 Å². The zero-order valence-corrected chi connectivity index (χ0v) is 12.4. The van der Waals surface area contributed by atoms with Crippen molar-refractivity contribution in [3.63, 3.8) is 0 Å². The Balaban J connectivity index is 2.19. The lowest BCUT2D eigenvalue weighted by Crippen LogP contribution is -2.21. The molecule has 0 aliphatic heterocycles. The summed E-state index contributed by atoms with van der Waals surface area (Å²) in [4.78, 5) is 2.17. The first-order valence-electron chi connectivity index (χ1n) is 6.42. The van der Waals surface area contributed by atoms with E-state index in [1.54, 1.807) is 0 Å². The van der Waals surface area contributed by atoms with E-state index in [1.165, 1.54) is 5.56 Å². The number of amidine groups is 1. The van der Waals surface area contributed by atoms with E-state index in [-0.39, 0.29) is 11.9 Å². The van der Waals surface area contributed by atoms with E-state index in [1.807, 2.05) is 55.6 Å². The summed E-state index contributed by atoms with van der Waals surface area (Å²) in [6.07, 6.45) is 0. The van der Waals surface area contributed by atoms with Crippen LogP contribution in [0.5, 0.6) is 0 Å². The van der Waals surface area contributed by atoms with Crippen LogP contribution < -0.4 is 10.6 Å². The molecular formula is C16H18ClN3. The summed E-state index contributed by atoms with van der Waals surface area (Å²) < 4.78 is 0. The second kappa shape index (κ2) is 5.97. The first-order valence-corrected chi connectivity index (χ1v) is 6.79. The number of nitrogens with zero attached hydrogens (tertiary/aromatic N) is 1. The zero-order chi connectivity index (χ0) is 14.7. The number of nitrogens with two attached hydrogens (primary N) is 1. The van der Waals surface area contributed by atoms with Crippen molar-refractivity contribution >= 4 is 23.1 Å². The molecule has 4 heteroatoms. The lowest BCUT2D eigenvalue weighted by molar-refractivity contribution is 0.740. The van der Waals surface area contributed by atoms with E-state index in [9.17, 15) is 0 Å². The largest absolute Gasteiger partial charge is 0.384 e. The van der Waals surface area contributed by atoms with Crippen molar-refractivity contribution in [3.8, 4) is 0 Å². The number of halogens is 1. The lowest BCUT2D eigenvalue weighted by atomic mass is 10.1.